The predicted molar refractivity (Wildman–Crippen MR) is 64.2 cm³/mol. The Morgan fingerprint density at radius 2 is 2.07 bits per heavy atom. The summed E-state index contributed by atoms with van der Waals surface area (Å²) in [7, 11) is -1.70. The molecule has 1 rings (SSSR count). The van der Waals surface area contributed by atoms with Crippen LogP contribution in [-0.4, -0.2) is 8.32 Å². The number of benzene rings is 1. The third-order valence-electron chi connectivity index (χ3n) is 1.49. The van der Waals surface area contributed by atoms with Crippen LogP contribution >= 0.6 is 11.6 Å². The van der Waals surface area contributed by atoms with Gasteiger partial charge in [0.25, 0.3) is 0 Å². The molecular weight excluding hydrogens is 230 g/mol. The molecule has 15 heavy (non-hydrogen) atoms. The van der Waals surface area contributed by atoms with E-state index < -0.39 is 8.32 Å². The summed E-state index contributed by atoms with van der Waals surface area (Å²) in [6, 6.07) is 5.04. The van der Waals surface area contributed by atoms with E-state index in [-0.39, 0.29) is 0 Å². The smallest absolute Gasteiger partial charge is 0.242 e. The molecule has 1 aromatic carbocycles. The lowest BCUT2D eigenvalue weighted by atomic mass is 10.3. The van der Waals surface area contributed by atoms with Crippen molar-refractivity contribution in [3.8, 4) is 5.75 Å². The van der Waals surface area contributed by atoms with Gasteiger partial charge in [-0.25, -0.2) is 0 Å². The summed E-state index contributed by atoms with van der Waals surface area (Å²) in [5.41, 5.74) is 8.84. The van der Waals surface area contributed by atoms with Gasteiger partial charge in [0.05, 0.1) is 5.69 Å². The van der Waals surface area contributed by atoms with Crippen molar-refractivity contribution in [1.29, 1.82) is 0 Å². The fourth-order valence-electron chi connectivity index (χ4n) is 1.03. The summed E-state index contributed by atoms with van der Waals surface area (Å²) in [6.45, 7) is 6.17. The maximum Gasteiger partial charge on any atom is 0.242 e. The van der Waals surface area contributed by atoms with Crippen molar-refractivity contribution in [2.75, 3.05) is 0 Å². The SMILES string of the molecule is C[Si](C)(C)Oc1ccc(Cl)cc1N=[N+]=[N-]. The second-order valence-corrected chi connectivity index (χ2v) is 8.88. The molecule has 0 amide bonds. The first-order chi connectivity index (χ1) is 6.92. The van der Waals surface area contributed by atoms with Gasteiger partial charge in [0.2, 0.25) is 8.32 Å². The molecule has 1 aromatic rings. The molecule has 0 aliphatic carbocycles. The van der Waals surface area contributed by atoms with E-state index in [1.807, 2.05) is 0 Å². The minimum absolute atomic E-state index is 0.437. The number of hydrogen-bond acceptors (Lipinski definition) is 2. The van der Waals surface area contributed by atoms with E-state index in [9.17, 15) is 0 Å². The average Bonchev–Trinajstić information content (AvgIpc) is 2.08. The van der Waals surface area contributed by atoms with Crippen molar-refractivity contribution >= 4 is 25.6 Å². The van der Waals surface area contributed by atoms with E-state index in [1.54, 1.807) is 18.2 Å². The monoisotopic (exact) mass is 241 g/mol. The van der Waals surface area contributed by atoms with Crippen molar-refractivity contribution in [3.63, 3.8) is 0 Å². The Kier molecular flexibility index (Phi) is 3.63. The van der Waals surface area contributed by atoms with Gasteiger partial charge < -0.3 is 4.43 Å². The van der Waals surface area contributed by atoms with Crippen LogP contribution in [0, 0.1) is 0 Å². The minimum Gasteiger partial charge on any atom is -0.544 e. The molecule has 80 valence electrons. The Bertz CT molecular complexity index is 410. The van der Waals surface area contributed by atoms with Crippen LogP contribution in [0.3, 0.4) is 0 Å². The highest BCUT2D eigenvalue weighted by atomic mass is 35.5. The first kappa shape index (κ1) is 11.9. The molecule has 0 saturated carbocycles. The third-order valence-corrected chi connectivity index (χ3v) is 2.56. The van der Waals surface area contributed by atoms with Crippen LogP contribution in [0.4, 0.5) is 5.69 Å². The van der Waals surface area contributed by atoms with E-state index in [4.69, 9.17) is 21.6 Å². The standard InChI is InChI=1S/C9H12ClN3OSi/c1-15(2,3)14-9-5-4-7(10)6-8(9)12-13-11/h4-6H,1-3H3. The molecule has 0 aromatic heterocycles. The predicted octanol–water partition coefficient (Wildman–Crippen LogP) is 4.50. The lowest BCUT2D eigenvalue weighted by molar-refractivity contribution is 0.559. The molecule has 0 aliphatic rings. The molecule has 0 radical (unpaired) electrons. The van der Waals surface area contributed by atoms with Crippen molar-refractivity contribution in [2.45, 2.75) is 19.6 Å². The van der Waals surface area contributed by atoms with Crippen LogP contribution in [0.1, 0.15) is 0 Å². The van der Waals surface area contributed by atoms with Gasteiger partial charge in [-0.1, -0.05) is 16.7 Å². The summed E-state index contributed by atoms with van der Waals surface area (Å²) < 4.78 is 5.76. The van der Waals surface area contributed by atoms with Crippen LogP contribution in [0.15, 0.2) is 23.3 Å². The van der Waals surface area contributed by atoms with Gasteiger partial charge in [-0.05, 0) is 43.4 Å². The average molecular weight is 242 g/mol. The second-order valence-electron chi connectivity index (χ2n) is 4.02. The minimum atomic E-state index is -1.70. The maximum atomic E-state index is 8.40. The molecule has 0 saturated heterocycles. The van der Waals surface area contributed by atoms with E-state index >= 15 is 0 Å². The number of azide groups is 1. The highest BCUT2D eigenvalue weighted by Crippen LogP contribution is 2.32. The molecule has 0 spiro atoms. The lowest BCUT2D eigenvalue weighted by Gasteiger charge is -2.20. The van der Waals surface area contributed by atoms with Crippen molar-refractivity contribution in [1.82, 2.24) is 0 Å². The Labute approximate surface area is 94.6 Å². The second kappa shape index (κ2) is 4.57. The van der Waals surface area contributed by atoms with Crippen molar-refractivity contribution in [2.24, 2.45) is 5.11 Å². The summed E-state index contributed by atoms with van der Waals surface area (Å²) in [6.07, 6.45) is 0. The zero-order valence-electron chi connectivity index (χ0n) is 8.86. The fourth-order valence-corrected chi connectivity index (χ4v) is 2.03. The van der Waals surface area contributed by atoms with Crippen molar-refractivity contribution in [3.05, 3.63) is 33.7 Å². The Hall–Kier alpha value is -1.16. The largest absolute Gasteiger partial charge is 0.544 e. The number of hydrogen-bond donors (Lipinski definition) is 0. The summed E-state index contributed by atoms with van der Waals surface area (Å²) in [5.74, 6) is 0.594. The topological polar surface area (TPSA) is 58.0 Å². The van der Waals surface area contributed by atoms with Gasteiger partial charge in [0.15, 0.2) is 0 Å². The summed E-state index contributed by atoms with van der Waals surface area (Å²) in [4.78, 5) is 2.74. The molecule has 0 aliphatic heterocycles. The van der Waals surface area contributed by atoms with E-state index in [0.29, 0.717) is 16.5 Å². The zero-order valence-corrected chi connectivity index (χ0v) is 10.6. The van der Waals surface area contributed by atoms with E-state index in [1.165, 1.54) is 0 Å². The number of rotatable bonds is 3. The third kappa shape index (κ3) is 3.83. The highest BCUT2D eigenvalue weighted by Gasteiger charge is 2.17. The van der Waals surface area contributed by atoms with E-state index in [2.05, 4.69) is 29.7 Å². The Morgan fingerprint density at radius 3 is 2.60 bits per heavy atom. The molecule has 0 atom stereocenters. The zero-order chi connectivity index (χ0) is 11.5. The number of halogens is 1. The molecule has 0 N–H and O–H groups in total. The van der Waals surface area contributed by atoms with Crippen LogP contribution < -0.4 is 4.43 Å². The lowest BCUT2D eigenvalue weighted by Crippen LogP contribution is -2.29. The molecule has 0 fully saturated rings. The van der Waals surface area contributed by atoms with Gasteiger partial charge in [-0.2, -0.15) is 0 Å². The van der Waals surface area contributed by atoms with Crippen LogP contribution in [-0.2, 0) is 0 Å². The van der Waals surface area contributed by atoms with Gasteiger partial charge in [-0.3, -0.25) is 0 Å². The molecule has 0 unspecified atom stereocenters. The van der Waals surface area contributed by atoms with Gasteiger partial charge in [0, 0.05) is 9.93 Å². The van der Waals surface area contributed by atoms with Gasteiger partial charge >= 0.3 is 0 Å². The normalized spacial score (nSPS) is 10.7. The van der Waals surface area contributed by atoms with E-state index in [0.717, 1.165) is 0 Å². The van der Waals surface area contributed by atoms with Crippen molar-refractivity contribution < 1.29 is 4.43 Å². The number of nitrogens with zero attached hydrogens (tertiary/aromatic N) is 3. The molecule has 0 bridgehead atoms. The van der Waals surface area contributed by atoms with Crippen LogP contribution in [0.5, 0.6) is 5.75 Å². The molecule has 0 heterocycles. The fraction of sp³-hybridized carbons (Fsp3) is 0.333. The summed E-state index contributed by atoms with van der Waals surface area (Å²) >= 11 is 5.80. The molecule has 4 nitrogen and oxygen atoms in total. The van der Waals surface area contributed by atoms with Gasteiger partial charge in [0.1, 0.15) is 5.75 Å². The van der Waals surface area contributed by atoms with Crippen LogP contribution in [0.25, 0.3) is 10.4 Å². The Morgan fingerprint density at radius 1 is 1.40 bits per heavy atom. The van der Waals surface area contributed by atoms with Gasteiger partial charge in [-0.15, -0.1) is 0 Å². The quantitative estimate of drug-likeness (QED) is 0.333. The maximum absolute atomic E-state index is 8.40. The Balaban J connectivity index is 3.11. The molecular formula is C9H12ClN3OSi. The first-order valence-corrected chi connectivity index (χ1v) is 8.25. The highest BCUT2D eigenvalue weighted by molar-refractivity contribution is 6.70. The first-order valence-electron chi connectivity index (χ1n) is 4.46. The summed E-state index contributed by atoms with van der Waals surface area (Å²) in [5, 5.41) is 4.07. The van der Waals surface area contributed by atoms with Crippen LogP contribution in [0.2, 0.25) is 24.7 Å². The molecule has 6 heteroatoms.